The van der Waals surface area contributed by atoms with E-state index in [-0.39, 0.29) is 0 Å². The number of rotatable bonds is 10. The van der Waals surface area contributed by atoms with Crippen molar-refractivity contribution >= 4 is 8.32 Å². The lowest BCUT2D eigenvalue weighted by Gasteiger charge is -2.34. The molecule has 0 aromatic rings. The van der Waals surface area contributed by atoms with Gasteiger partial charge in [0, 0.05) is 13.2 Å². The summed E-state index contributed by atoms with van der Waals surface area (Å²) in [5.74, 6) is 0. The van der Waals surface area contributed by atoms with Crippen LogP contribution in [-0.2, 0) is 13.9 Å². The van der Waals surface area contributed by atoms with Gasteiger partial charge in [0.2, 0.25) is 0 Å². The van der Waals surface area contributed by atoms with Crippen molar-refractivity contribution < 1.29 is 13.9 Å². The zero-order valence-corrected chi connectivity index (χ0v) is 14.3. The third kappa shape index (κ3) is 6.53. The molecule has 1 unspecified atom stereocenters. The van der Waals surface area contributed by atoms with E-state index in [1.807, 2.05) is 13.8 Å². The predicted octanol–water partition coefficient (Wildman–Crippen LogP) is 4.04. The van der Waals surface area contributed by atoms with Crippen LogP contribution in [0.2, 0.25) is 19.6 Å². The van der Waals surface area contributed by atoms with E-state index in [2.05, 4.69) is 31.4 Å². The smallest absolute Gasteiger partial charge is 0.347 e. The van der Waals surface area contributed by atoms with Crippen LogP contribution in [0.15, 0.2) is 0 Å². The molecule has 0 heterocycles. The van der Waals surface area contributed by atoms with Gasteiger partial charge in [-0.3, -0.25) is 4.85 Å². The van der Waals surface area contributed by atoms with Gasteiger partial charge < -0.3 is 13.9 Å². The first kappa shape index (κ1) is 18.6. The Kier molecular flexibility index (Phi) is 8.51. The zero-order chi connectivity index (χ0) is 14.9. The number of ether oxygens (including phenoxy) is 2. The SMILES string of the molecule is [C-]#[N+]C(CCCC)(O[Si](C)(C)C)C(OCC)OCC. The van der Waals surface area contributed by atoms with Gasteiger partial charge in [0.15, 0.2) is 8.32 Å². The molecule has 0 radical (unpaired) electrons. The highest BCUT2D eigenvalue weighted by Gasteiger charge is 2.51. The monoisotopic (exact) mass is 287 g/mol. The Bertz CT molecular complexity index is 279. The summed E-state index contributed by atoms with van der Waals surface area (Å²) >= 11 is 0. The zero-order valence-electron chi connectivity index (χ0n) is 13.3. The van der Waals surface area contributed by atoms with Crippen LogP contribution < -0.4 is 0 Å². The van der Waals surface area contributed by atoms with Crippen LogP contribution in [0.4, 0.5) is 0 Å². The Morgan fingerprint density at radius 2 is 1.63 bits per heavy atom. The van der Waals surface area contributed by atoms with E-state index in [4.69, 9.17) is 20.5 Å². The summed E-state index contributed by atoms with van der Waals surface area (Å²) in [5.41, 5.74) is -0.994. The first-order valence-corrected chi connectivity index (χ1v) is 10.6. The normalized spacial score (nSPS) is 15.3. The predicted molar refractivity (Wildman–Crippen MR) is 80.3 cm³/mol. The Morgan fingerprint density at radius 3 is 1.95 bits per heavy atom. The maximum absolute atomic E-state index is 7.62. The van der Waals surface area contributed by atoms with Gasteiger partial charge in [0.05, 0.1) is 6.42 Å². The maximum atomic E-state index is 7.62. The number of unbranched alkanes of at least 4 members (excludes halogenated alkanes) is 1. The van der Waals surface area contributed by atoms with Gasteiger partial charge in [-0.15, -0.1) is 0 Å². The number of hydrogen-bond acceptors (Lipinski definition) is 3. The van der Waals surface area contributed by atoms with Crippen molar-refractivity contribution in [3.05, 3.63) is 11.4 Å². The van der Waals surface area contributed by atoms with Crippen molar-refractivity contribution in [2.24, 2.45) is 0 Å². The molecule has 112 valence electrons. The van der Waals surface area contributed by atoms with Crippen LogP contribution in [0.25, 0.3) is 4.85 Å². The minimum absolute atomic E-state index is 0.517. The van der Waals surface area contributed by atoms with E-state index in [0.29, 0.717) is 19.6 Å². The molecule has 4 nitrogen and oxygen atoms in total. The molecule has 0 saturated heterocycles. The fraction of sp³-hybridized carbons (Fsp3) is 0.929. The van der Waals surface area contributed by atoms with E-state index in [0.717, 1.165) is 12.8 Å². The largest absolute Gasteiger partial charge is 0.379 e. The summed E-state index contributed by atoms with van der Waals surface area (Å²) in [4.78, 5) is 3.79. The van der Waals surface area contributed by atoms with Gasteiger partial charge in [-0.1, -0.05) is 13.3 Å². The van der Waals surface area contributed by atoms with Crippen molar-refractivity contribution in [2.75, 3.05) is 13.2 Å². The Balaban J connectivity index is 5.22. The van der Waals surface area contributed by atoms with Crippen molar-refractivity contribution in [1.29, 1.82) is 0 Å². The Hall–Kier alpha value is -0.413. The van der Waals surface area contributed by atoms with Crippen molar-refractivity contribution in [3.8, 4) is 0 Å². The third-order valence-corrected chi connectivity index (χ3v) is 3.53. The molecule has 0 rings (SSSR count). The maximum Gasteiger partial charge on any atom is 0.379 e. The molecule has 0 aromatic heterocycles. The molecule has 0 bridgehead atoms. The highest BCUT2D eigenvalue weighted by Crippen LogP contribution is 2.32. The van der Waals surface area contributed by atoms with E-state index in [1.165, 1.54) is 0 Å². The van der Waals surface area contributed by atoms with Gasteiger partial charge in [-0.25, -0.2) is 6.57 Å². The summed E-state index contributed by atoms with van der Waals surface area (Å²) in [7, 11) is -1.86. The molecule has 5 heteroatoms. The lowest BCUT2D eigenvalue weighted by atomic mass is 10.1. The summed E-state index contributed by atoms with van der Waals surface area (Å²) < 4.78 is 17.5. The second-order valence-electron chi connectivity index (χ2n) is 5.52. The summed E-state index contributed by atoms with van der Waals surface area (Å²) in [6.07, 6.45) is 2.02. The first-order chi connectivity index (χ1) is 8.85. The van der Waals surface area contributed by atoms with Gasteiger partial charge in [-0.2, -0.15) is 0 Å². The van der Waals surface area contributed by atoms with Crippen LogP contribution >= 0.6 is 0 Å². The van der Waals surface area contributed by atoms with Crippen LogP contribution in [-0.4, -0.2) is 33.5 Å². The average molecular weight is 287 g/mol. The Labute approximate surface area is 119 Å². The van der Waals surface area contributed by atoms with Crippen molar-refractivity contribution in [2.45, 2.75) is 71.7 Å². The van der Waals surface area contributed by atoms with Crippen LogP contribution in [0.5, 0.6) is 0 Å². The lowest BCUT2D eigenvalue weighted by Crippen LogP contribution is -2.51. The van der Waals surface area contributed by atoms with Gasteiger partial charge in [-0.05, 0) is 39.9 Å². The second-order valence-corrected chi connectivity index (χ2v) is 9.95. The van der Waals surface area contributed by atoms with Crippen molar-refractivity contribution in [3.63, 3.8) is 0 Å². The molecule has 0 fully saturated rings. The van der Waals surface area contributed by atoms with Gasteiger partial charge in [0.1, 0.15) is 0 Å². The summed E-state index contributed by atoms with van der Waals surface area (Å²) in [5, 5.41) is 0. The molecule has 0 spiro atoms. The molecule has 19 heavy (non-hydrogen) atoms. The molecular formula is C14H29NO3Si. The second kappa shape index (κ2) is 8.70. The van der Waals surface area contributed by atoms with Crippen LogP contribution in [0.3, 0.4) is 0 Å². The molecule has 0 amide bonds. The molecule has 0 aromatic carbocycles. The molecule has 0 N–H and O–H groups in total. The van der Waals surface area contributed by atoms with E-state index in [1.54, 1.807) is 0 Å². The highest BCUT2D eigenvalue weighted by atomic mass is 28.4. The highest BCUT2D eigenvalue weighted by molar-refractivity contribution is 6.69. The molecular weight excluding hydrogens is 258 g/mol. The average Bonchev–Trinajstić information content (AvgIpc) is 2.33. The topological polar surface area (TPSA) is 32.0 Å². The number of hydrogen-bond donors (Lipinski definition) is 0. The molecule has 0 saturated carbocycles. The molecule has 0 aliphatic rings. The molecule has 0 aliphatic heterocycles. The molecule has 0 aliphatic carbocycles. The summed E-state index contributed by atoms with van der Waals surface area (Å²) in [6, 6.07) is 0. The fourth-order valence-electron chi connectivity index (χ4n) is 1.92. The first-order valence-electron chi connectivity index (χ1n) is 7.17. The van der Waals surface area contributed by atoms with Crippen molar-refractivity contribution in [1.82, 2.24) is 0 Å². The van der Waals surface area contributed by atoms with Crippen LogP contribution in [0.1, 0.15) is 40.0 Å². The van der Waals surface area contributed by atoms with E-state index >= 15 is 0 Å². The van der Waals surface area contributed by atoms with Crippen LogP contribution in [0, 0.1) is 6.57 Å². The number of nitrogens with zero attached hydrogens (tertiary/aromatic N) is 1. The third-order valence-electron chi connectivity index (χ3n) is 2.57. The van der Waals surface area contributed by atoms with E-state index in [9.17, 15) is 0 Å². The quantitative estimate of drug-likeness (QED) is 0.345. The Morgan fingerprint density at radius 1 is 1.11 bits per heavy atom. The molecule has 1 atom stereocenters. The summed E-state index contributed by atoms with van der Waals surface area (Å²) in [6.45, 7) is 20.9. The van der Waals surface area contributed by atoms with Gasteiger partial charge >= 0.3 is 5.72 Å². The van der Waals surface area contributed by atoms with E-state index < -0.39 is 20.3 Å². The lowest BCUT2D eigenvalue weighted by molar-refractivity contribution is -0.215. The van der Waals surface area contributed by atoms with Gasteiger partial charge in [0.25, 0.3) is 6.29 Å². The minimum atomic E-state index is -1.86. The minimum Gasteiger partial charge on any atom is -0.347 e. The fourth-order valence-corrected chi connectivity index (χ4v) is 3.22. The standard InChI is InChI=1S/C14H29NO3Si/c1-8-11-12-14(15-4,18-19(5,6)7)13(16-9-2)17-10-3/h13H,8-12H2,1-3,5-7H3.